The lowest BCUT2D eigenvalue weighted by Gasteiger charge is -2.32. The molecule has 0 bridgehead atoms. The Bertz CT molecular complexity index is 1130. The average Bonchev–Trinajstić information content (AvgIpc) is 2.84. The Hall–Kier alpha value is -3.25. The number of rotatable bonds is 6. The first-order chi connectivity index (χ1) is 15.9. The van der Waals surface area contributed by atoms with Crippen molar-refractivity contribution in [2.45, 2.75) is 32.2 Å². The Labute approximate surface area is 196 Å². The maximum absolute atomic E-state index is 12.3. The van der Waals surface area contributed by atoms with Gasteiger partial charge in [0.1, 0.15) is 11.6 Å². The molecular formula is C27H32N4O2. The molecule has 33 heavy (non-hydrogen) atoms. The molecule has 1 fully saturated rings. The van der Waals surface area contributed by atoms with Crippen LogP contribution < -0.4 is 4.74 Å². The highest BCUT2D eigenvalue weighted by Gasteiger charge is 2.25. The molecule has 0 N–H and O–H groups in total. The molecule has 0 saturated carbocycles. The fourth-order valence-corrected chi connectivity index (χ4v) is 4.45. The van der Waals surface area contributed by atoms with Gasteiger partial charge in [-0.25, -0.2) is 9.97 Å². The van der Waals surface area contributed by atoms with Crippen molar-refractivity contribution < 1.29 is 9.53 Å². The smallest absolute Gasteiger partial charge is 0.256 e. The second kappa shape index (κ2) is 10.1. The van der Waals surface area contributed by atoms with E-state index < -0.39 is 0 Å². The molecule has 2 aromatic carbocycles. The molecule has 1 unspecified atom stereocenters. The number of hydrogen-bond acceptors (Lipinski definition) is 5. The Morgan fingerprint density at radius 2 is 1.91 bits per heavy atom. The molecule has 0 spiro atoms. The number of ether oxygens (including phenoxy) is 1. The summed E-state index contributed by atoms with van der Waals surface area (Å²) in [5.41, 5.74) is 4.97. The van der Waals surface area contributed by atoms with Crippen molar-refractivity contribution in [3.8, 4) is 16.9 Å². The number of carbonyl (C=O) groups is 1. The van der Waals surface area contributed by atoms with E-state index in [-0.39, 0.29) is 11.8 Å². The molecule has 1 amide bonds. The van der Waals surface area contributed by atoms with E-state index in [0.717, 1.165) is 55.3 Å². The van der Waals surface area contributed by atoms with Crippen molar-refractivity contribution in [3.05, 3.63) is 77.4 Å². The maximum Gasteiger partial charge on any atom is 0.256 e. The quantitative estimate of drug-likeness (QED) is 0.559. The van der Waals surface area contributed by atoms with Crippen LogP contribution in [0.25, 0.3) is 11.1 Å². The van der Waals surface area contributed by atoms with Crippen LogP contribution in [-0.4, -0.2) is 60.0 Å². The molecule has 1 aliphatic heterocycles. The highest BCUT2D eigenvalue weighted by atomic mass is 16.5. The van der Waals surface area contributed by atoms with Gasteiger partial charge in [-0.1, -0.05) is 30.3 Å². The summed E-state index contributed by atoms with van der Waals surface area (Å²) in [6, 6.07) is 16.9. The van der Waals surface area contributed by atoms with E-state index in [1.165, 1.54) is 11.1 Å². The number of amides is 1. The molecular weight excluding hydrogens is 412 g/mol. The Kier molecular flexibility index (Phi) is 7.04. The van der Waals surface area contributed by atoms with Gasteiger partial charge in [-0.2, -0.15) is 0 Å². The molecule has 2 heterocycles. The summed E-state index contributed by atoms with van der Waals surface area (Å²) in [7, 11) is 5.19. The van der Waals surface area contributed by atoms with Crippen LogP contribution in [0.2, 0.25) is 0 Å². The van der Waals surface area contributed by atoms with Crippen molar-refractivity contribution in [1.29, 1.82) is 0 Å². The molecule has 1 aromatic heterocycles. The number of likely N-dealkylation sites (tertiary alicyclic amines) is 1. The molecule has 4 rings (SSSR count). The van der Waals surface area contributed by atoms with Crippen molar-refractivity contribution in [2.75, 3.05) is 34.3 Å². The van der Waals surface area contributed by atoms with Crippen LogP contribution in [0.1, 0.15) is 46.2 Å². The van der Waals surface area contributed by atoms with Gasteiger partial charge in [0.15, 0.2) is 0 Å². The molecule has 6 heteroatoms. The first kappa shape index (κ1) is 22.9. The summed E-state index contributed by atoms with van der Waals surface area (Å²) in [4.78, 5) is 25.6. The van der Waals surface area contributed by atoms with Gasteiger partial charge in [0.25, 0.3) is 5.91 Å². The molecule has 172 valence electrons. The topological polar surface area (TPSA) is 58.6 Å². The summed E-state index contributed by atoms with van der Waals surface area (Å²) < 4.78 is 5.38. The number of benzene rings is 2. The number of methoxy groups -OCH3 is 1. The minimum absolute atomic E-state index is 0.0553. The number of hydrogen-bond donors (Lipinski definition) is 0. The number of nitrogens with zero attached hydrogens (tertiary/aromatic N) is 4. The highest BCUT2D eigenvalue weighted by molar-refractivity contribution is 5.94. The van der Waals surface area contributed by atoms with E-state index >= 15 is 0 Å². The second-order valence-electron chi connectivity index (χ2n) is 8.93. The van der Waals surface area contributed by atoms with Crippen LogP contribution in [0.4, 0.5) is 0 Å². The monoisotopic (exact) mass is 444 g/mol. The molecule has 0 radical (unpaired) electrons. The maximum atomic E-state index is 12.3. The molecule has 1 saturated heterocycles. The standard InChI is InChI=1S/C27H32N4O2/c1-19-25(27(32)30(2)3)16-28-26(29-19)23-11-7-13-31(18-23)17-20-8-5-9-21(14-20)22-10-6-12-24(15-22)33-4/h5-6,8-10,12,14-16,23H,7,11,13,17-18H2,1-4H3. The summed E-state index contributed by atoms with van der Waals surface area (Å²) in [5.74, 6) is 1.94. The predicted molar refractivity (Wildman–Crippen MR) is 130 cm³/mol. The molecule has 1 aliphatic rings. The summed E-state index contributed by atoms with van der Waals surface area (Å²) in [5, 5.41) is 0. The van der Waals surface area contributed by atoms with Gasteiger partial charge >= 0.3 is 0 Å². The minimum Gasteiger partial charge on any atom is -0.497 e. The SMILES string of the molecule is COc1cccc(-c2cccc(CN3CCCC(c4ncc(C(=O)N(C)C)c(C)n4)C3)c2)c1. The lowest BCUT2D eigenvalue weighted by Crippen LogP contribution is -2.34. The average molecular weight is 445 g/mol. The van der Waals surface area contributed by atoms with Crippen LogP contribution in [0.3, 0.4) is 0 Å². The third-order valence-corrected chi connectivity index (χ3v) is 6.24. The third-order valence-electron chi connectivity index (χ3n) is 6.24. The van der Waals surface area contributed by atoms with Crippen LogP contribution in [-0.2, 0) is 6.54 Å². The lowest BCUT2D eigenvalue weighted by molar-refractivity contribution is 0.0825. The fraction of sp³-hybridized carbons (Fsp3) is 0.370. The molecule has 6 nitrogen and oxygen atoms in total. The summed E-state index contributed by atoms with van der Waals surface area (Å²) >= 11 is 0. The van der Waals surface area contributed by atoms with Gasteiger partial charge in [-0.05, 0) is 61.2 Å². The lowest BCUT2D eigenvalue weighted by atomic mass is 9.96. The van der Waals surface area contributed by atoms with Crippen molar-refractivity contribution in [2.24, 2.45) is 0 Å². The predicted octanol–water partition coefficient (Wildman–Crippen LogP) is 4.54. The van der Waals surface area contributed by atoms with Crippen LogP contribution in [0.15, 0.2) is 54.7 Å². The summed E-state index contributed by atoms with van der Waals surface area (Å²) in [6.07, 6.45) is 3.87. The zero-order chi connectivity index (χ0) is 23.4. The Balaban J connectivity index is 1.46. The van der Waals surface area contributed by atoms with Crippen LogP contribution >= 0.6 is 0 Å². The van der Waals surface area contributed by atoms with E-state index in [4.69, 9.17) is 9.72 Å². The fourth-order valence-electron chi connectivity index (χ4n) is 4.45. The van der Waals surface area contributed by atoms with E-state index in [0.29, 0.717) is 5.56 Å². The van der Waals surface area contributed by atoms with Crippen LogP contribution in [0, 0.1) is 6.92 Å². The van der Waals surface area contributed by atoms with Crippen molar-refractivity contribution in [3.63, 3.8) is 0 Å². The Morgan fingerprint density at radius 1 is 1.15 bits per heavy atom. The van der Waals surface area contributed by atoms with Crippen molar-refractivity contribution in [1.82, 2.24) is 19.8 Å². The largest absolute Gasteiger partial charge is 0.497 e. The second-order valence-corrected chi connectivity index (χ2v) is 8.93. The summed E-state index contributed by atoms with van der Waals surface area (Å²) in [6.45, 7) is 4.77. The molecule has 0 aliphatic carbocycles. The minimum atomic E-state index is -0.0553. The first-order valence-electron chi connectivity index (χ1n) is 11.5. The highest BCUT2D eigenvalue weighted by Crippen LogP contribution is 2.28. The number of carbonyl (C=O) groups excluding carboxylic acids is 1. The van der Waals surface area contributed by atoms with Gasteiger partial charge in [0, 0.05) is 39.3 Å². The molecule has 1 atom stereocenters. The zero-order valence-corrected chi connectivity index (χ0v) is 19.9. The number of piperidine rings is 1. The van der Waals surface area contributed by atoms with Gasteiger partial charge < -0.3 is 9.64 Å². The van der Waals surface area contributed by atoms with Gasteiger partial charge in [0.2, 0.25) is 0 Å². The Morgan fingerprint density at radius 3 is 2.64 bits per heavy atom. The van der Waals surface area contributed by atoms with E-state index in [2.05, 4.69) is 46.3 Å². The van der Waals surface area contributed by atoms with Gasteiger partial charge in [-0.3, -0.25) is 9.69 Å². The van der Waals surface area contributed by atoms with E-state index in [1.54, 1.807) is 32.3 Å². The van der Waals surface area contributed by atoms with Gasteiger partial charge in [0.05, 0.1) is 18.4 Å². The van der Waals surface area contributed by atoms with E-state index in [1.807, 2.05) is 19.1 Å². The molecule has 3 aromatic rings. The normalized spacial score (nSPS) is 16.4. The number of aryl methyl sites for hydroxylation is 1. The third kappa shape index (κ3) is 5.40. The van der Waals surface area contributed by atoms with E-state index in [9.17, 15) is 4.79 Å². The first-order valence-corrected chi connectivity index (χ1v) is 11.5. The van der Waals surface area contributed by atoms with Crippen molar-refractivity contribution >= 4 is 5.91 Å². The zero-order valence-electron chi connectivity index (χ0n) is 19.9. The van der Waals surface area contributed by atoms with Gasteiger partial charge in [-0.15, -0.1) is 0 Å². The van der Waals surface area contributed by atoms with Crippen LogP contribution in [0.5, 0.6) is 5.75 Å². The number of aromatic nitrogens is 2.